The maximum Gasteiger partial charge on any atom is 0.274 e. The van der Waals surface area contributed by atoms with E-state index < -0.39 is 4.92 Å². The van der Waals surface area contributed by atoms with Crippen LogP contribution in [0.5, 0.6) is 0 Å². The maximum atomic E-state index is 10.7. The van der Waals surface area contributed by atoms with E-state index in [0.717, 1.165) is 5.01 Å². The highest BCUT2D eigenvalue weighted by molar-refractivity contribution is 7.80. The predicted octanol–water partition coefficient (Wildman–Crippen LogP) is 0.514. The molecule has 0 saturated carbocycles. The molecule has 15 heavy (non-hydrogen) atoms. The van der Waals surface area contributed by atoms with Crippen molar-refractivity contribution in [2.45, 2.75) is 6.54 Å². The Kier molecular flexibility index (Phi) is 3.53. The van der Waals surface area contributed by atoms with Crippen molar-refractivity contribution in [2.75, 3.05) is 0 Å². The third-order valence-electron chi connectivity index (χ3n) is 1.81. The molecule has 6 nitrogen and oxygen atoms in total. The number of para-hydroxylation sites is 1. The number of hydrazine groups is 1. The van der Waals surface area contributed by atoms with Gasteiger partial charge >= 0.3 is 0 Å². The molecule has 0 atom stereocenters. The average Bonchev–Trinajstić information content (AvgIpc) is 2.18. The van der Waals surface area contributed by atoms with Gasteiger partial charge in [0.2, 0.25) is 0 Å². The number of nitrogens with zero attached hydrogens (tertiary/aromatic N) is 2. The van der Waals surface area contributed by atoms with Gasteiger partial charge in [-0.1, -0.05) is 18.2 Å². The van der Waals surface area contributed by atoms with Crippen molar-refractivity contribution in [3.05, 3.63) is 39.9 Å². The van der Waals surface area contributed by atoms with E-state index in [0.29, 0.717) is 5.56 Å². The molecule has 0 amide bonds. The van der Waals surface area contributed by atoms with Crippen LogP contribution in [0.3, 0.4) is 0 Å². The normalized spacial score (nSPS) is 9.67. The van der Waals surface area contributed by atoms with Crippen molar-refractivity contribution >= 4 is 23.0 Å². The third-order valence-corrected chi connectivity index (χ3v) is 2.05. The Morgan fingerprint density at radius 3 is 2.67 bits per heavy atom. The van der Waals surface area contributed by atoms with Gasteiger partial charge in [-0.15, -0.1) is 0 Å². The smallest absolute Gasteiger partial charge is 0.274 e. The molecule has 0 spiro atoms. The molecule has 1 aromatic carbocycles. The molecule has 0 unspecified atom stereocenters. The molecule has 80 valence electrons. The minimum Gasteiger partial charge on any atom is -0.375 e. The average molecular weight is 226 g/mol. The van der Waals surface area contributed by atoms with E-state index in [1.54, 1.807) is 18.2 Å². The lowest BCUT2D eigenvalue weighted by molar-refractivity contribution is -0.385. The molecular weight excluding hydrogens is 216 g/mol. The van der Waals surface area contributed by atoms with Gasteiger partial charge in [0.15, 0.2) is 5.11 Å². The van der Waals surface area contributed by atoms with Crippen LogP contribution in [0.4, 0.5) is 5.69 Å². The molecule has 1 aromatic rings. The van der Waals surface area contributed by atoms with Crippen molar-refractivity contribution in [1.82, 2.24) is 5.01 Å². The predicted molar refractivity (Wildman–Crippen MR) is 59.6 cm³/mol. The summed E-state index contributed by atoms with van der Waals surface area (Å²) in [6.45, 7) is 0.118. The SMILES string of the molecule is NC(=S)N(N)Cc1ccccc1[N+](=O)[O-]. The standard InChI is InChI=1S/C8H10N4O2S/c9-8(15)11(10)5-6-3-1-2-4-7(6)12(13)14/h1-4H,5,10H2,(H2,9,15). The third kappa shape index (κ3) is 2.86. The highest BCUT2D eigenvalue weighted by Crippen LogP contribution is 2.18. The quantitative estimate of drug-likeness (QED) is 0.337. The summed E-state index contributed by atoms with van der Waals surface area (Å²) >= 11 is 4.64. The molecule has 0 aromatic heterocycles. The van der Waals surface area contributed by atoms with Gasteiger partial charge in [0.25, 0.3) is 5.69 Å². The molecule has 1 rings (SSSR count). The first-order chi connectivity index (χ1) is 7.02. The van der Waals surface area contributed by atoms with Crippen LogP contribution in [-0.4, -0.2) is 15.0 Å². The fraction of sp³-hybridized carbons (Fsp3) is 0.125. The van der Waals surface area contributed by atoms with E-state index in [-0.39, 0.29) is 17.3 Å². The van der Waals surface area contributed by atoms with Gasteiger partial charge in [-0.2, -0.15) is 0 Å². The van der Waals surface area contributed by atoms with Gasteiger partial charge in [-0.3, -0.25) is 15.1 Å². The summed E-state index contributed by atoms with van der Waals surface area (Å²) in [4.78, 5) is 10.2. The topological polar surface area (TPSA) is 98.4 Å². The fourth-order valence-corrected chi connectivity index (χ4v) is 1.15. The molecule has 0 aliphatic rings. The van der Waals surface area contributed by atoms with Gasteiger partial charge in [0.05, 0.1) is 17.0 Å². The zero-order chi connectivity index (χ0) is 11.4. The summed E-state index contributed by atoms with van der Waals surface area (Å²) in [6.07, 6.45) is 0. The molecule has 0 bridgehead atoms. The molecule has 0 aliphatic carbocycles. The Morgan fingerprint density at radius 1 is 1.53 bits per heavy atom. The second kappa shape index (κ2) is 4.67. The van der Waals surface area contributed by atoms with Crippen LogP contribution in [-0.2, 0) is 6.54 Å². The van der Waals surface area contributed by atoms with Crippen LogP contribution < -0.4 is 11.6 Å². The van der Waals surface area contributed by atoms with Gasteiger partial charge in [0.1, 0.15) is 0 Å². The number of hydrogen-bond acceptors (Lipinski definition) is 4. The summed E-state index contributed by atoms with van der Waals surface area (Å²) in [7, 11) is 0. The molecule has 0 saturated heterocycles. The van der Waals surface area contributed by atoms with Crippen molar-refractivity contribution in [1.29, 1.82) is 0 Å². The largest absolute Gasteiger partial charge is 0.375 e. The molecule has 7 heteroatoms. The second-order valence-corrected chi connectivity index (χ2v) is 3.27. The van der Waals surface area contributed by atoms with Crippen LogP contribution in [0.25, 0.3) is 0 Å². The lowest BCUT2D eigenvalue weighted by Crippen LogP contribution is -2.40. The first-order valence-electron chi connectivity index (χ1n) is 4.06. The molecular formula is C8H10N4O2S. The second-order valence-electron chi connectivity index (χ2n) is 2.85. The number of benzene rings is 1. The minimum atomic E-state index is -0.470. The molecule has 0 fully saturated rings. The lowest BCUT2D eigenvalue weighted by Gasteiger charge is -2.15. The van der Waals surface area contributed by atoms with Crippen LogP contribution in [0.15, 0.2) is 24.3 Å². The number of rotatable bonds is 3. The van der Waals surface area contributed by atoms with E-state index in [9.17, 15) is 10.1 Å². The van der Waals surface area contributed by atoms with E-state index >= 15 is 0 Å². The van der Waals surface area contributed by atoms with E-state index in [1.165, 1.54) is 6.07 Å². The zero-order valence-electron chi connectivity index (χ0n) is 7.79. The number of hydrogen-bond donors (Lipinski definition) is 2. The number of thiocarbonyl (C=S) groups is 1. The summed E-state index contributed by atoms with van der Waals surface area (Å²) < 4.78 is 0. The first kappa shape index (κ1) is 11.3. The highest BCUT2D eigenvalue weighted by atomic mass is 32.1. The van der Waals surface area contributed by atoms with Crippen molar-refractivity contribution in [3.8, 4) is 0 Å². The minimum absolute atomic E-state index is 0.00389. The van der Waals surface area contributed by atoms with Crippen LogP contribution in [0, 0.1) is 10.1 Å². The van der Waals surface area contributed by atoms with Crippen molar-refractivity contribution < 1.29 is 4.92 Å². The lowest BCUT2D eigenvalue weighted by atomic mass is 10.2. The Morgan fingerprint density at radius 2 is 2.13 bits per heavy atom. The Balaban J connectivity index is 2.94. The number of nitrogens with two attached hydrogens (primary N) is 2. The summed E-state index contributed by atoms with van der Waals surface area (Å²) in [6, 6.07) is 6.29. The summed E-state index contributed by atoms with van der Waals surface area (Å²) in [5.41, 5.74) is 5.75. The monoisotopic (exact) mass is 226 g/mol. The molecule has 0 aliphatic heterocycles. The number of nitro groups is 1. The fourth-order valence-electron chi connectivity index (χ4n) is 1.08. The summed E-state index contributed by atoms with van der Waals surface area (Å²) in [5.74, 6) is 5.46. The first-order valence-corrected chi connectivity index (χ1v) is 4.47. The number of nitro benzene ring substituents is 1. The zero-order valence-corrected chi connectivity index (χ0v) is 8.61. The molecule has 0 radical (unpaired) electrons. The van der Waals surface area contributed by atoms with Gasteiger partial charge < -0.3 is 5.73 Å². The summed E-state index contributed by atoms with van der Waals surface area (Å²) in [5, 5.41) is 11.7. The van der Waals surface area contributed by atoms with Crippen molar-refractivity contribution in [3.63, 3.8) is 0 Å². The Bertz CT molecular complexity index is 396. The van der Waals surface area contributed by atoms with E-state index in [1.807, 2.05) is 0 Å². The van der Waals surface area contributed by atoms with Crippen LogP contribution in [0.1, 0.15) is 5.56 Å². The molecule has 4 N–H and O–H groups in total. The van der Waals surface area contributed by atoms with Crippen LogP contribution in [0.2, 0.25) is 0 Å². The van der Waals surface area contributed by atoms with Crippen molar-refractivity contribution in [2.24, 2.45) is 11.6 Å². The Labute approximate surface area is 91.6 Å². The van der Waals surface area contributed by atoms with Crippen LogP contribution >= 0.6 is 12.2 Å². The van der Waals surface area contributed by atoms with E-state index in [4.69, 9.17) is 11.6 Å². The van der Waals surface area contributed by atoms with Gasteiger partial charge in [0, 0.05) is 6.07 Å². The van der Waals surface area contributed by atoms with Gasteiger partial charge in [-0.25, -0.2) is 5.84 Å². The van der Waals surface area contributed by atoms with Gasteiger partial charge in [-0.05, 0) is 12.2 Å². The Hall–Kier alpha value is -1.73. The van der Waals surface area contributed by atoms with E-state index in [2.05, 4.69) is 12.2 Å². The highest BCUT2D eigenvalue weighted by Gasteiger charge is 2.14. The molecule has 0 heterocycles. The maximum absolute atomic E-state index is 10.7.